The van der Waals surface area contributed by atoms with Crippen molar-refractivity contribution in [3.8, 4) is 0 Å². The lowest BCUT2D eigenvalue weighted by Gasteiger charge is -2.27. The highest BCUT2D eigenvalue weighted by molar-refractivity contribution is 5.95. The van der Waals surface area contributed by atoms with Crippen LogP contribution in [0.25, 0.3) is 0 Å². The van der Waals surface area contributed by atoms with Crippen molar-refractivity contribution < 1.29 is 14.5 Å². The van der Waals surface area contributed by atoms with E-state index in [0.29, 0.717) is 12.0 Å². The van der Waals surface area contributed by atoms with Crippen LogP contribution in [0.3, 0.4) is 0 Å². The number of nitrogens with one attached hydrogen (secondary N) is 2. The first-order valence-electron chi connectivity index (χ1n) is 10.4. The summed E-state index contributed by atoms with van der Waals surface area (Å²) in [6, 6.07) is 17.1. The average Bonchev–Trinajstić information content (AvgIpc) is 3.58. The molecule has 2 N–H and O–H groups in total. The predicted octanol–water partition coefficient (Wildman–Crippen LogP) is 4.01. The highest BCUT2D eigenvalue weighted by Gasteiger charge is 2.48. The fourth-order valence-corrected chi connectivity index (χ4v) is 3.79. The third kappa shape index (κ3) is 4.51. The molecule has 0 radical (unpaired) electrons. The molecule has 1 aliphatic heterocycles. The van der Waals surface area contributed by atoms with Crippen molar-refractivity contribution in [2.75, 3.05) is 0 Å². The molecule has 0 bridgehead atoms. The van der Waals surface area contributed by atoms with Crippen LogP contribution < -0.4 is 10.6 Å². The Morgan fingerprint density at radius 2 is 1.90 bits per heavy atom. The summed E-state index contributed by atoms with van der Waals surface area (Å²) in [7, 11) is 0. The van der Waals surface area contributed by atoms with Gasteiger partial charge in [-0.05, 0) is 24.0 Å². The first-order valence-corrected chi connectivity index (χ1v) is 10.4. The summed E-state index contributed by atoms with van der Waals surface area (Å²) in [5.74, 6) is 0.340. The van der Waals surface area contributed by atoms with Gasteiger partial charge in [-0.2, -0.15) is 0 Å². The zero-order valence-electron chi connectivity index (χ0n) is 17.3. The van der Waals surface area contributed by atoms with Crippen LogP contribution >= 0.6 is 0 Å². The third-order valence-corrected chi connectivity index (χ3v) is 5.71. The quantitative estimate of drug-likeness (QED) is 0.362. The Kier molecular flexibility index (Phi) is 5.86. The minimum Gasteiger partial charge on any atom is -0.482 e. The average molecular weight is 419 g/mol. The van der Waals surface area contributed by atoms with Crippen LogP contribution in [-0.2, 0) is 16.9 Å². The van der Waals surface area contributed by atoms with Crippen molar-refractivity contribution in [3.63, 3.8) is 0 Å². The van der Waals surface area contributed by atoms with E-state index < -0.39 is 11.1 Å². The van der Waals surface area contributed by atoms with Crippen LogP contribution in [-0.4, -0.2) is 16.9 Å². The van der Waals surface area contributed by atoms with E-state index in [1.165, 1.54) is 0 Å². The Labute approximate surface area is 181 Å². The molecule has 31 heavy (non-hydrogen) atoms. The van der Waals surface area contributed by atoms with E-state index in [4.69, 9.17) is 4.74 Å². The maximum absolute atomic E-state index is 11.9. The summed E-state index contributed by atoms with van der Waals surface area (Å²) in [6.45, 7) is 2.09. The Balaban J connectivity index is 1.52. The summed E-state index contributed by atoms with van der Waals surface area (Å²) >= 11 is 0. The van der Waals surface area contributed by atoms with E-state index in [9.17, 15) is 14.9 Å². The van der Waals surface area contributed by atoms with Crippen molar-refractivity contribution in [2.45, 2.75) is 44.5 Å². The van der Waals surface area contributed by atoms with E-state index in [-0.39, 0.29) is 29.4 Å². The third-order valence-electron chi connectivity index (χ3n) is 5.71. The van der Waals surface area contributed by atoms with Gasteiger partial charge in [-0.3, -0.25) is 20.2 Å². The maximum Gasteiger partial charge on any atom is 0.324 e. The molecule has 7 heteroatoms. The highest BCUT2D eigenvalue weighted by Crippen LogP contribution is 2.46. The molecular weight excluding hydrogens is 394 g/mol. The van der Waals surface area contributed by atoms with Crippen LogP contribution in [0.15, 0.2) is 78.3 Å². The Morgan fingerprint density at radius 1 is 1.19 bits per heavy atom. The van der Waals surface area contributed by atoms with E-state index in [1.54, 1.807) is 12.3 Å². The number of carbonyl (C=O) groups is 1. The van der Waals surface area contributed by atoms with Gasteiger partial charge in [-0.15, -0.1) is 0 Å². The molecule has 1 atom stereocenters. The van der Waals surface area contributed by atoms with Gasteiger partial charge in [0.05, 0.1) is 4.92 Å². The lowest BCUT2D eigenvalue weighted by molar-refractivity contribution is -0.434. The van der Waals surface area contributed by atoms with E-state index >= 15 is 0 Å². The predicted molar refractivity (Wildman–Crippen MR) is 116 cm³/mol. The largest absolute Gasteiger partial charge is 0.482 e. The summed E-state index contributed by atoms with van der Waals surface area (Å²) in [5, 5.41) is 18.4. The van der Waals surface area contributed by atoms with Crippen LogP contribution in [0.1, 0.15) is 47.7 Å². The summed E-state index contributed by atoms with van der Waals surface area (Å²) < 4.78 is 5.80. The monoisotopic (exact) mass is 419 g/mol. The maximum atomic E-state index is 11.9. The molecule has 7 nitrogen and oxygen atoms in total. The minimum atomic E-state index is -0.690. The number of dihydropyridines is 1. The molecule has 1 fully saturated rings. The van der Waals surface area contributed by atoms with Crippen molar-refractivity contribution in [1.82, 2.24) is 10.6 Å². The van der Waals surface area contributed by atoms with Gasteiger partial charge in [-0.1, -0.05) is 61.5 Å². The minimum absolute atomic E-state index is 0.0394. The van der Waals surface area contributed by atoms with Crippen LogP contribution in [0.4, 0.5) is 0 Å². The fraction of sp³-hybridized carbons (Fsp3) is 0.292. The molecule has 0 saturated heterocycles. The van der Waals surface area contributed by atoms with Gasteiger partial charge in [0.25, 0.3) is 0 Å². The smallest absolute Gasteiger partial charge is 0.324 e. The van der Waals surface area contributed by atoms with Crippen molar-refractivity contribution >= 4 is 5.78 Å². The number of hydrogen-bond donors (Lipinski definition) is 2. The standard InChI is InChI=1S/C24H25N3O4/c1-2-20(28)18-8-10-19(11-9-18)24(13-14-24)26-23-22(27(29)30)21(12-15-25-23)31-16-17-6-4-3-5-7-17/h3-12,15,23,25-26H,2,13-14,16H2,1H3. The van der Waals surface area contributed by atoms with Gasteiger partial charge < -0.3 is 10.1 Å². The Hall–Kier alpha value is -3.45. The van der Waals surface area contributed by atoms with Crippen LogP contribution in [0.5, 0.6) is 0 Å². The summed E-state index contributed by atoms with van der Waals surface area (Å²) in [4.78, 5) is 23.4. The molecule has 1 aliphatic carbocycles. The molecule has 2 aliphatic rings. The van der Waals surface area contributed by atoms with Crippen LogP contribution in [0.2, 0.25) is 0 Å². The summed E-state index contributed by atoms with van der Waals surface area (Å²) in [6.07, 6.45) is 4.76. The molecule has 1 heterocycles. The van der Waals surface area contributed by atoms with Crippen molar-refractivity contribution in [1.29, 1.82) is 0 Å². The number of Topliss-reactive ketones (excluding diaryl/α,β-unsaturated/α-hetero) is 1. The summed E-state index contributed by atoms with van der Waals surface area (Å²) in [5.41, 5.74) is 2.24. The number of nitro groups is 1. The zero-order chi connectivity index (χ0) is 21.8. The lowest BCUT2D eigenvalue weighted by Crippen LogP contribution is -2.50. The Bertz CT molecular complexity index is 1020. The number of benzene rings is 2. The molecule has 4 rings (SSSR count). The molecule has 0 spiro atoms. The molecule has 1 saturated carbocycles. The second-order valence-corrected chi connectivity index (χ2v) is 7.79. The highest BCUT2D eigenvalue weighted by atomic mass is 16.6. The lowest BCUT2D eigenvalue weighted by atomic mass is 10.00. The van der Waals surface area contributed by atoms with E-state index in [1.807, 2.05) is 61.5 Å². The van der Waals surface area contributed by atoms with Gasteiger partial charge >= 0.3 is 5.70 Å². The number of hydrogen-bond acceptors (Lipinski definition) is 6. The van der Waals surface area contributed by atoms with Gasteiger partial charge in [0.15, 0.2) is 17.7 Å². The number of rotatable bonds is 9. The van der Waals surface area contributed by atoms with Crippen molar-refractivity contribution in [3.05, 3.63) is 105 Å². The molecule has 160 valence electrons. The van der Waals surface area contributed by atoms with Gasteiger partial charge in [0, 0.05) is 29.8 Å². The number of ether oxygens (including phenoxy) is 1. The van der Waals surface area contributed by atoms with Crippen LogP contribution in [0, 0.1) is 10.1 Å². The van der Waals surface area contributed by atoms with Gasteiger partial charge in [-0.25, -0.2) is 0 Å². The second-order valence-electron chi connectivity index (χ2n) is 7.79. The topological polar surface area (TPSA) is 93.5 Å². The number of ketones is 1. The fourth-order valence-electron chi connectivity index (χ4n) is 3.79. The second kappa shape index (κ2) is 8.73. The number of carbonyl (C=O) groups excluding carboxylic acids is 1. The number of nitrogens with zero attached hydrogens (tertiary/aromatic N) is 1. The van der Waals surface area contributed by atoms with Gasteiger partial charge in [0.1, 0.15) is 6.61 Å². The molecular formula is C24H25N3O4. The normalized spacial score (nSPS) is 18.9. The Morgan fingerprint density at radius 3 is 2.52 bits per heavy atom. The van der Waals surface area contributed by atoms with Crippen molar-refractivity contribution in [2.24, 2.45) is 0 Å². The van der Waals surface area contributed by atoms with Gasteiger partial charge in [0.2, 0.25) is 0 Å². The molecule has 2 aromatic carbocycles. The number of allylic oxidation sites excluding steroid dienone is 1. The first kappa shape index (κ1) is 20.8. The zero-order valence-corrected chi connectivity index (χ0v) is 17.3. The molecule has 2 aromatic rings. The molecule has 0 aromatic heterocycles. The first-order chi connectivity index (χ1) is 15.0. The van der Waals surface area contributed by atoms with E-state index in [0.717, 1.165) is 24.0 Å². The SMILES string of the molecule is CCC(=O)c1ccc(C2(NC3NC=CC(OCc4ccccc4)=C3[N+](=O)[O-])CC2)cc1. The molecule has 0 amide bonds. The van der Waals surface area contributed by atoms with E-state index in [2.05, 4.69) is 10.6 Å². The molecule has 1 unspecified atom stereocenters.